The molecule has 0 aromatic carbocycles. The molecule has 2 rings (SSSR count). The van der Waals surface area contributed by atoms with Crippen LogP contribution in [0.5, 0.6) is 0 Å². The molecule has 0 aliphatic rings. The third-order valence-electron chi connectivity index (χ3n) is 3.49. The zero-order valence-electron chi connectivity index (χ0n) is 13.5. The fourth-order valence-corrected chi connectivity index (χ4v) is 2.31. The lowest BCUT2D eigenvalue weighted by Crippen LogP contribution is -2.15. The Morgan fingerprint density at radius 2 is 2.04 bits per heavy atom. The van der Waals surface area contributed by atoms with Gasteiger partial charge in [0.2, 0.25) is 0 Å². The van der Waals surface area contributed by atoms with Crippen LogP contribution in [0, 0.1) is 0 Å². The number of halogens is 1. The molecule has 0 aliphatic heterocycles. The fraction of sp³-hybridized carbons (Fsp3) is 0.412. The molecule has 0 unspecified atom stereocenters. The number of anilines is 1. The molecule has 0 radical (unpaired) electrons. The van der Waals surface area contributed by atoms with E-state index < -0.39 is 5.60 Å². The van der Waals surface area contributed by atoms with E-state index >= 15 is 0 Å². The van der Waals surface area contributed by atoms with Gasteiger partial charge in [-0.1, -0.05) is 11.6 Å². The topological polar surface area (TPSA) is 78.3 Å². The molecule has 0 bridgehead atoms. The molecule has 0 spiro atoms. The highest BCUT2D eigenvalue weighted by Crippen LogP contribution is 2.30. The minimum Gasteiger partial charge on any atom is -0.393 e. The summed E-state index contributed by atoms with van der Waals surface area (Å²) in [7, 11) is 0. The lowest BCUT2D eigenvalue weighted by atomic mass is 9.97. The highest BCUT2D eigenvalue weighted by atomic mass is 35.5. The number of pyridine rings is 2. The molecular formula is C17H22ClN3O2. The van der Waals surface area contributed by atoms with Gasteiger partial charge in [0.15, 0.2) is 0 Å². The van der Waals surface area contributed by atoms with E-state index in [1.807, 2.05) is 6.07 Å². The summed E-state index contributed by atoms with van der Waals surface area (Å²) in [4.78, 5) is 8.50. The zero-order chi connectivity index (χ0) is 17.0. The van der Waals surface area contributed by atoms with Gasteiger partial charge in [-0.3, -0.25) is 4.98 Å². The molecule has 5 nitrogen and oxygen atoms in total. The van der Waals surface area contributed by atoms with Crippen molar-refractivity contribution in [2.45, 2.75) is 38.9 Å². The van der Waals surface area contributed by atoms with Gasteiger partial charge in [-0.05, 0) is 51.0 Å². The monoisotopic (exact) mass is 335 g/mol. The Balaban J connectivity index is 2.35. The van der Waals surface area contributed by atoms with Crippen molar-refractivity contribution in [1.29, 1.82) is 0 Å². The van der Waals surface area contributed by atoms with Gasteiger partial charge in [0.25, 0.3) is 0 Å². The molecule has 2 heterocycles. The Bertz CT molecular complexity index is 669. The molecule has 3 N–H and O–H groups in total. The lowest BCUT2D eigenvalue weighted by Gasteiger charge is -2.19. The van der Waals surface area contributed by atoms with Crippen LogP contribution in [0.2, 0.25) is 5.15 Å². The van der Waals surface area contributed by atoms with E-state index in [0.717, 1.165) is 16.8 Å². The van der Waals surface area contributed by atoms with Crippen LogP contribution < -0.4 is 5.32 Å². The Morgan fingerprint density at radius 1 is 1.30 bits per heavy atom. The smallest absolute Gasteiger partial charge is 0.131 e. The van der Waals surface area contributed by atoms with Crippen LogP contribution in [-0.4, -0.2) is 32.8 Å². The number of aliphatic hydroxyl groups is 2. The summed E-state index contributed by atoms with van der Waals surface area (Å²) in [6.45, 7) is 5.81. The van der Waals surface area contributed by atoms with Gasteiger partial charge >= 0.3 is 0 Å². The first kappa shape index (κ1) is 17.7. The number of aliphatic hydroxyl groups excluding tert-OH is 1. The summed E-state index contributed by atoms with van der Waals surface area (Å²) in [5.41, 5.74) is 2.12. The van der Waals surface area contributed by atoms with Crippen LogP contribution in [0.15, 0.2) is 30.6 Å². The molecule has 0 amide bonds. The normalized spacial score (nSPS) is 13.0. The van der Waals surface area contributed by atoms with Crippen LogP contribution in [0.1, 0.15) is 32.8 Å². The number of nitrogens with one attached hydrogen (secondary N) is 1. The maximum atomic E-state index is 10.2. The van der Waals surface area contributed by atoms with Crippen molar-refractivity contribution in [2.24, 2.45) is 0 Å². The van der Waals surface area contributed by atoms with Crippen molar-refractivity contribution in [3.63, 3.8) is 0 Å². The number of rotatable bonds is 6. The van der Waals surface area contributed by atoms with Crippen LogP contribution in [0.4, 0.5) is 5.69 Å². The second-order valence-electron chi connectivity index (χ2n) is 6.11. The number of hydrogen-bond acceptors (Lipinski definition) is 5. The summed E-state index contributed by atoms with van der Waals surface area (Å²) in [6, 6.07) is 5.36. The second-order valence-corrected chi connectivity index (χ2v) is 6.49. The lowest BCUT2D eigenvalue weighted by molar-refractivity contribution is 0.0785. The minimum atomic E-state index is -0.947. The first-order chi connectivity index (χ1) is 10.8. The maximum absolute atomic E-state index is 10.2. The van der Waals surface area contributed by atoms with Gasteiger partial charge in [0.1, 0.15) is 5.15 Å². The Kier molecular flexibility index (Phi) is 5.57. The first-order valence-corrected chi connectivity index (χ1v) is 7.92. The molecule has 0 aliphatic carbocycles. The van der Waals surface area contributed by atoms with E-state index in [4.69, 9.17) is 11.6 Å². The molecule has 1 atom stereocenters. The summed E-state index contributed by atoms with van der Waals surface area (Å²) < 4.78 is 0. The van der Waals surface area contributed by atoms with Crippen molar-refractivity contribution in [3.8, 4) is 11.3 Å². The highest BCUT2D eigenvalue weighted by Gasteiger charge is 2.18. The van der Waals surface area contributed by atoms with E-state index in [1.165, 1.54) is 0 Å². The third kappa shape index (κ3) is 4.89. The van der Waals surface area contributed by atoms with Crippen molar-refractivity contribution in [3.05, 3.63) is 41.3 Å². The molecule has 0 fully saturated rings. The number of nitrogens with zero attached hydrogens (tertiary/aromatic N) is 2. The highest BCUT2D eigenvalue weighted by molar-refractivity contribution is 6.29. The van der Waals surface area contributed by atoms with Gasteiger partial charge in [-0.2, -0.15) is 0 Å². The first-order valence-electron chi connectivity index (χ1n) is 7.54. The molecule has 0 saturated carbocycles. The predicted octanol–water partition coefficient (Wildman–Crippen LogP) is 3.21. The maximum Gasteiger partial charge on any atom is 0.131 e. The summed E-state index contributed by atoms with van der Waals surface area (Å²) in [6.07, 6.45) is 3.57. The summed E-state index contributed by atoms with van der Waals surface area (Å²) in [5, 5.41) is 23.2. The van der Waals surface area contributed by atoms with Gasteiger partial charge in [-0.25, -0.2) is 4.98 Å². The third-order valence-corrected chi connectivity index (χ3v) is 3.70. The van der Waals surface area contributed by atoms with Crippen molar-refractivity contribution in [2.75, 3.05) is 11.9 Å². The fourth-order valence-electron chi connectivity index (χ4n) is 2.15. The molecule has 23 heavy (non-hydrogen) atoms. The van der Waals surface area contributed by atoms with Crippen molar-refractivity contribution in [1.82, 2.24) is 9.97 Å². The molecular weight excluding hydrogens is 314 g/mol. The van der Waals surface area contributed by atoms with Gasteiger partial charge < -0.3 is 15.5 Å². The largest absolute Gasteiger partial charge is 0.393 e. The molecule has 124 valence electrons. The second kappa shape index (κ2) is 7.25. The van der Waals surface area contributed by atoms with Crippen molar-refractivity contribution >= 4 is 17.3 Å². The molecule has 2 aromatic rings. The van der Waals surface area contributed by atoms with Crippen LogP contribution in [0.3, 0.4) is 0 Å². The number of aromatic nitrogens is 2. The van der Waals surface area contributed by atoms with Gasteiger partial charge in [0, 0.05) is 30.2 Å². The van der Waals surface area contributed by atoms with E-state index in [-0.39, 0.29) is 6.10 Å². The van der Waals surface area contributed by atoms with E-state index in [1.54, 1.807) is 45.3 Å². The van der Waals surface area contributed by atoms with Crippen molar-refractivity contribution < 1.29 is 10.2 Å². The standard InChI is InChI=1S/C17H22ClN3O2/c1-11(22)4-6-19-15-9-16(18)21-10-13(15)14-8-12(5-7-20-14)17(2,3)23/h5,7-11,22-23H,4,6H2,1-3H3,(H,19,21)/t11-/m1/s1. The average Bonchev–Trinajstić information content (AvgIpc) is 2.46. The Hall–Kier alpha value is -1.69. The predicted molar refractivity (Wildman–Crippen MR) is 92.5 cm³/mol. The Morgan fingerprint density at radius 3 is 2.70 bits per heavy atom. The SMILES string of the molecule is C[C@@H](O)CCNc1cc(Cl)ncc1-c1cc(C(C)(C)O)ccn1. The van der Waals surface area contributed by atoms with E-state index in [9.17, 15) is 10.2 Å². The van der Waals surface area contributed by atoms with E-state index in [0.29, 0.717) is 23.8 Å². The Labute approximate surface area is 141 Å². The average molecular weight is 336 g/mol. The minimum absolute atomic E-state index is 0.375. The van der Waals surface area contributed by atoms with Gasteiger partial charge in [0.05, 0.1) is 17.4 Å². The van der Waals surface area contributed by atoms with E-state index in [2.05, 4.69) is 15.3 Å². The van der Waals surface area contributed by atoms with Gasteiger partial charge in [-0.15, -0.1) is 0 Å². The zero-order valence-corrected chi connectivity index (χ0v) is 14.3. The molecule has 6 heteroatoms. The number of hydrogen-bond donors (Lipinski definition) is 3. The quantitative estimate of drug-likeness (QED) is 0.706. The molecule has 2 aromatic heterocycles. The van der Waals surface area contributed by atoms with Crippen LogP contribution in [-0.2, 0) is 5.60 Å². The summed E-state index contributed by atoms with van der Waals surface area (Å²) >= 11 is 5.99. The van der Waals surface area contributed by atoms with Crippen LogP contribution >= 0.6 is 11.6 Å². The summed E-state index contributed by atoms with van der Waals surface area (Å²) in [5.74, 6) is 0. The molecule has 0 saturated heterocycles. The van der Waals surface area contributed by atoms with Crippen LogP contribution in [0.25, 0.3) is 11.3 Å².